The van der Waals surface area contributed by atoms with Crippen LogP contribution in [0.1, 0.15) is 79.1 Å². The topological polar surface area (TPSA) is 3.24 Å². The molecule has 0 rings (SSSR count). The fourth-order valence-corrected chi connectivity index (χ4v) is 2.39. The first kappa shape index (κ1) is 18.0. The van der Waals surface area contributed by atoms with Gasteiger partial charge in [-0.15, -0.1) is 0 Å². The summed E-state index contributed by atoms with van der Waals surface area (Å²) in [7, 11) is 2.29. The van der Waals surface area contributed by atoms with Gasteiger partial charge < -0.3 is 4.90 Å². The molecule has 0 aliphatic heterocycles. The minimum Gasteiger partial charge on any atom is -0.306 e. The maximum absolute atomic E-state index is 2.53. The lowest BCUT2D eigenvalue weighted by Gasteiger charge is -2.21. The Morgan fingerprint density at radius 2 is 1.11 bits per heavy atom. The Labute approximate surface area is 116 Å². The van der Waals surface area contributed by atoms with E-state index in [2.05, 4.69) is 39.6 Å². The van der Waals surface area contributed by atoms with E-state index in [-0.39, 0.29) is 0 Å². The van der Waals surface area contributed by atoms with Crippen LogP contribution < -0.4 is 0 Å². The van der Waals surface area contributed by atoms with Crippen molar-refractivity contribution in [2.24, 2.45) is 11.8 Å². The standard InChI is InChI=1S/C17H37N/c1-6-8-10-16(3)12-14-18(5)15-13-17(4)11-9-7-2/h16-17H,6-15H2,1-5H3. The fraction of sp³-hybridized carbons (Fsp3) is 1.00. The molecule has 0 N–H and O–H groups in total. The monoisotopic (exact) mass is 255 g/mol. The van der Waals surface area contributed by atoms with Crippen LogP contribution >= 0.6 is 0 Å². The molecule has 1 nitrogen and oxygen atoms in total. The smallest absolute Gasteiger partial charge is 0.00192 e. The van der Waals surface area contributed by atoms with E-state index in [0.717, 1.165) is 11.8 Å². The average molecular weight is 255 g/mol. The van der Waals surface area contributed by atoms with Crippen LogP contribution in [-0.4, -0.2) is 25.0 Å². The normalized spacial score (nSPS) is 15.0. The number of hydrogen-bond acceptors (Lipinski definition) is 1. The summed E-state index contributed by atoms with van der Waals surface area (Å²) < 4.78 is 0. The van der Waals surface area contributed by atoms with Crippen LogP contribution in [0.2, 0.25) is 0 Å². The van der Waals surface area contributed by atoms with Gasteiger partial charge in [-0.2, -0.15) is 0 Å². The summed E-state index contributed by atoms with van der Waals surface area (Å²) in [5.74, 6) is 1.81. The molecule has 0 radical (unpaired) electrons. The molecule has 18 heavy (non-hydrogen) atoms. The van der Waals surface area contributed by atoms with Gasteiger partial charge in [0.2, 0.25) is 0 Å². The van der Waals surface area contributed by atoms with Gasteiger partial charge in [-0.1, -0.05) is 66.2 Å². The number of hydrogen-bond donors (Lipinski definition) is 0. The fourth-order valence-electron chi connectivity index (χ4n) is 2.39. The molecule has 1 heteroatoms. The van der Waals surface area contributed by atoms with Crippen molar-refractivity contribution in [2.45, 2.75) is 79.1 Å². The number of rotatable bonds is 12. The van der Waals surface area contributed by atoms with Gasteiger partial charge in [-0.25, -0.2) is 0 Å². The molecule has 0 aromatic heterocycles. The van der Waals surface area contributed by atoms with Crippen LogP contribution in [-0.2, 0) is 0 Å². The van der Waals surface area contributed by atoms with Crippen LogP contribution in [0.5, 0.6) is 0 Å². The van der Waals surface area contributed by atoms with Crippen molar-refractivity contribution in [3.63, 3.8) is 0 Å². The lowest BCUT2D eigenvalue weighted by molar-refractivity contribution is 0.275. The molecule has 0 heterocycles. The van der Waals surface area contributed by atoms with Crippen molar-refractivity contribution in [2.75, 3.05) is 20.1 Å². The van der Waals surface area contributed by atoms with Gasteiger partial charge in [0.05, 0.1) is 0 Å². The summed E-state index contributed by atoms with van der Waals surface area (Å²) in [6.07, 6.45) is 11.1. The summed E-state index contributed by atoms with van der Waals surface area (Å²) in [5, 5.41) is 0. The Hall–Kier alpha value is -0.0400. The van der Waals surface area contributed by atoms with Crippen molar-refractivity contribution in [3.05, 3.63) is 0 Å². The van der Waals surface area contributed by atoms with E-state index < -0.39 is 0 Å². The van der Waals surface area contributed by atoms with Crippen LogP contribution in [0.15, 0.2) is 0 Å². The number of unbranched alkanes of at least 4 members (excludes halogenated alkanes) is 2. The Kier molecular flexibility index (Phi) is 12.0. The van der Waals surface area contributed by atoms with Gasteiger partial charge in [-0.3, -0.25) is 0 Å². The van der Waals surface area contributed by atoms with Gasteiger partial charge in [0, 0.05) is 0 Å². The van der Waals surface area contributed by atoms with Gasteiger partial charge in [-0.05, 0) is 44.8 Å². The molecule has 0 amide bonds. The molecule has 0 saturated heterocycles. The molecule has 0 aliphatic rings. The predicted molar refractivity (Wildman–Crippen MR) is 84.1 cm³/mol. The van der Waals surface area contributed by atoms with Crippen LogP contribution in [0, 0.1) is 11.8 Å². The molecule has 0 fully saturated rings. The second kappa shape index (κ2) is 12.0. The minimum absolute atomic E-state index is 0.907. The number of nitrogens with zero attached hydrogens (tertiary/aromatic N) is 1. The van der Waals surface area contributed by atoms with Crippen molar-refractivity contribution >= 4 is 0 Å². The Bertz CT molecular complexity index is 149. The molecule has 0 aromatic rings. The molecular weight excluding hydrogens is 218 g/mol. The predicted octanol–water partition coefficient (Wildman–Crippen LogP) is 5.35. The largest absolute Gasteiger partial charge is 0.306 e. The first-order chi connectivity index (χ1) is 8.60. The quantitative estimate of drug-likeness (QED) is 0.454. The SMILES string of the molecule is CCCCC(C)CCN(C)CCC(C)CCCC. The highest BCUT2D eigenvalue weighted by Crippen LogP contribution is 2.14. The maximum atomic E-state index is 2.53. The Balaban J connectivity index is 3.49. The van der Waals surface area contributed by atoms with E-state index in [1.54, 1.807) is 0 Å². The van der Waals surface area contributed by atoms with E-state index in [0.29, 0.717) is 0 Å². The highest BCUT2D eigenvalue weighted by atomic mass is 15.1. The lowest BCUT2D eigenvalue weighted by atomic mass is 9.99. The Morgan fingerprint density at radius 3 is 1.44 bits per heavy atom. The summed E-state index contributed by atoms with van der Waals surface area (Å²) in [4.78, 5) is 2.53. The minimum atomic E-state index is 0.907. The second-order valence-corrected chi connectivity index (χ2v) is 6.38. The molecule has 0 aliphatic carbocycles. The van der Waals surface area contributed by atoms with Crippen molar-refractivity contribution in [3.8, 4) is 0 Å². The second-order valence-electron chi connectivity index (χ2n) is 6.38. The van der Waals surface area contributed by atoms with E-state index in [1.807, 2.05) is 0 Å². The third-order valence-electron chi connectivity index (χ3n) is 4.11. The summed E-state index contributed by atoms with van der Waals surface area (Å²) in [6, 6.07) is 0. The highest BCUT2D eigenvalue weighted by molar-refractivity contribution is 4.61. The zero-order valence-corrected chi connectivity index (χ0v) is 13.7. The van der Waals surface area contributed by atoms with Crippen LogP contribution in [0.3, 0.4) is 0 Å². The summed E-state index contributed by atoms with van der Waals surface area (Å²) >= 11 is 0. The molecule has 0 bridgehead atoms. The van der Waals surface area contributed by atoms with E-state index in [9.17, 15) is 0 Å². The highest BCUT2D eigenvalue weighted by Gasteiger charge is 2.06. The first-order valence-electron chi connectivity index (χ1n) is 8.28. The van der Waals surface area contributed by atoms with E-state index in [4.69, 9.17) is 0 Å². The third-order valence-corrected chi connectivity index (χ3v) is 4.11. The molecule has 110 valence electrons. The molecule has 0 aromatic carbocycles. The molecule has 0 spiro atoms. The van der Waals surface area contributed by atoms with Gasteiger partial charge in [0.1, 0.15) is 0 Å². The van der Waals surface area contributed by atoms with Crippen LogP contribution in [0.25, 0.3) is 0 Å². The van der Waals surface area contributed by atoms with Gasteiger partial charge in [0.15, 0.2) is 0 Å². The molecular formula is C17H37N. The maximum Gasteiger partial charge on any atom is -0.00192 e. The van der Waals surface area contributed by atoms with Crippen LogP contribution in [0.4, 0.5) is 0 Å². The zero-order valence-electron chi connectivity index (χ0n) is 13.7. The lowest BCUT2D eigenvalue weighted by Crippen LogP contribution is -2.23. The summed E-state index contributed by atoms with van der Waals surface area (Å²) in [5.41, 5.74) is 0. The first-order valence-corrected chi connectivity index (χ1v) is 8.28. The van der Waals surface area contributed by atoms with E-state index >= 15 is 0 Å². The Morgan fingerprint density at radius 1 is 0.722 bits per heavy atom. The summed E-state index contributed by atoms with van der Waals surface area (Å²) in [6.45, 7) is 12.0. The molecule has 0 saturated carbocycles. The molecule has 2 unspecified atom stereocenters. The van der Waals surface area contributed by atoms with E-state index in [1.165, 1.54) is 64.5 Å². The van der Waals surface area contributed by atoms with Crippen molar-refractivity contribution < 1.29 is 0 Å². The van der Waals surface area contributed by atoms with Gasteiger partial charge in [0.25, 0.3) is 0 Å². The molecule has 2 atom stereocenters. The third kappa shape index (κ3) is 11.1. The average Bonchev–Trinajstić information content (AvgIpc) is 2.37. The van der Waals surface area contributed by atoms with Gasteiger partial charge >= 0.3 is 0 Å². The zero-order chi connectivity index (χ0) is 13.8. The van der Waals surface area contributed by atoms with Crippen molar-refractivity contribution in [1.82, 2.24) is 4.90 Å². The van der Waals surface area contributed by atoms with Crippen molar-refractivity contribution in [1.29, 1.82) is 0 Å².